The van der Waals surface area contributed by atoms with Crippen LogP contribution in [0.4, 0.5) is 0 Å². The van der Waals surface area contributed by atoms with Gasteiger partial charge in [-0.1, -0.05) is 6.08 Å². The van der Waals surface area contributed by atoms with Crippen molar-refractivity contribution in [1.29, 1.82) is 0 Å². The second-order valence-corrected chi connectivity index (χ2v) is 1.74. The lowest BCUT2D eigenvalue weighted by atomic mass is 10.6. The third-order valence-electron chi connectivity index (χ3n) is 1.21. The Hall–Kier alpha value is -1.12. The number of hydrogen-bond donors (Lipinski definition) is 0. The van der Waals surface area contributed by atoms with Crippen molar-refractivity contribution in [3.05, 3.63) is 18.2 Å². The maximum atomic E-state index is 3.82. The maximum Gasteiger partial charge on any atom is 0.156 e. The third kappa shape index (κ3) is 0.332. The number of nitrogens with zero attached hydrogens (tertiary/aromatic N) is 3. The van der Waals surface area contributed by atoms with Crippen LogP contribution in [0.1, 0.15) is 5.82 Å². The van der Waals surface area contributed by atoms with E-state index in [1.54, 1.807) is 6.33 Å². The van der Waals surface area contributed by atoms with E-state index in [0.29, 0.717) is 0 Å². The van der Waals surface area contributed by atoms with E-state index in [2.05, 4.69) is 16.3 Å². The Morgan fingerprint density at radius 1 is 1.62 bits per heavy atom. The summed E-state index contributed by atoms with van der Waals surface area (Å²) < 4.78 is 1.99. The number of rotatable bonds is 0. The van der Waals surface area contributed by atoms with Crippen molar-refractivity contribution in [3.63, 3.8) is 0 Å². The van der Waals surface area contributed by atoms with Crippen molar-refractivity contribution in [2.75, 3.05) is 0 Å². The van der Waals surface area contributed by atoms with Crippen LogP contribution >= 0.6 is 0 Å². The SMILES string of the molecule is C1=Cc2nncn2C1. The Balaban J connectivity index is 2.67. The summed E-state index contributed by atoms with van der Waals surface area (Å²) in [4.78, 5) is 0. The van der Waals surface area contributed by atoms with Crippen molar-refractivity contribution in [3.8, 4) is 0 Å². The fourth-order valence-electron chi connectivity index (χ4n) is 0.805. The fourth-order valence-corrected chi connectivity index (χ4v) is 0.805. The van der Waals surface area contributed by atoms with Crippen LogP contribution in [-0.4, -0.2) is 14.8 Å². The zero-order valence-electron chi connectivity index (χ0n) is 4.28. The molecule has 8 heavy (non-hydrogen) atoms. The molecule has 0 saturated carbocycles. The second-order valence-electron chi connectivity index (χ2n) is 1.74. The fraction of sp³-hybridized carbons (Fsp3) is 0.200. The van der Waals surface area contributed by atoms with Gasteiger partial charge in [-0.3, -0.25) is 0 Å². The highest BCUT2D eigenvalue weighted by Crippen LogP contribution is 2.04. The van der Waals surface area contributed by atoms with Crippen molar-refractivity contribution in [2.24, 2.45) is 0 Å². The Labute approximate surface area is 46.7 Å². The topological polar surface area (TPSA) is 30.7 Å². The lowest BCUT2D eigenvalue weighted by Crippen LogP contribution is -1.88. The van der Waals surface area contributed by atoms with Gasteiger partial charge in [-0.2, -0.15) is 0 Å². The number of fused-ring (bicyclic) bond motifs is 1. The van der Waals surface area contributed by atoms with E-state index in [4.69, 9.17) is 0 Å². The highest BCUT2D eigenvalue weighted by molar-refractivity contribution is 5.43. The van der Waals surface area contributed by atoms with E-state index in [9.17, 15) is 0 Å². The first-order valence-corrected chi connectivity index (χ1v) is 2.51. The third-order valence-corrected chi connectivity index (χ3v) is 1.21. The van der Waals surface area contributed by atoms with Gasteiger partial charge in [-0.15, -0.1) is 10.2 Å². The van der Waals surface area contributed by atoms with Gasteiger partial charge in [0.05, 0.1) is 0 Å². The summed E-state index contributed by atoms with van der Waals surface area (Å²) in [6.07, 6.45) is 5.76. The van der Waals surface area contributed by atoms with Gasteiger partial charge in [0, 0.05) is 6.54 Å². The molecular formula is C5H5N3. The summed E-state index contributed by atoms with van der Waals surface area (Å²) in [5.74, 6) is 0.963. The van der Waals surface area contributed by atoms with E-state index in [1.807, 2.05) is 10.6 Å². The van der Waals surface area contributed by atoms with Gasteiger partial charge in [0.1, 0.15) is 6.33 Å². The Kier molecular flexibility index (Phi) is 0.566. The molecule has 2 heterocycles. The van der Waals surface area contributed by atoms with Gasteiger partial charge in [0.2, 0.25) is 0 Å². The molecule has 0 unspecified atom stereocenters. The summed E-state index contributed by atoms with van der Waals surface area (Å²) in [5, 5.41) is 7.53. The van der Waals surface area contributed by atoms with Gasteiger partial charge in [0.25, 0.3) is 0 Å². The first kappa shape index (κ1) is 3.83. The molecule has 0 radical (unpaired) electrons. The molecule has 3 nitrogen and oxygen atoms in total. The highest BCUT2D eigenvalue weighted by atomic mass is 15.3. The van der Waals surface area contributed by atoms with Gasteiger partial charge < -0.3 is 4.57 Å². The lowest BCUT2D eigenvalue weighted by Gasteiger charge is -1.86. The molecule has 1 aliphatic rings. The van der Waals surface area contributed by atoms with Gasteiger partial charge in [-0.05, 0) is 6.08 Å². The average Bonchev–Trinajstić information content (AvgIpc) is 2.15. The largest absolute Gasteiger partial charge is 0.310 e. The summed E-state index contributed by atoms with van der Waals surface area (Å²) in [5.41, 5.74) is 0. The molecule has 0 fully saturated rings. The summed E-state index contributed by atoms with van der Waals surface area (Å²) in [6, 6.07) is 0. The van der Waals surface area contributed by atoms with Crippen molar-refractivity contribution in [2.45, 2.75) is 6.54 Å². The molecule has 0 amide bonds. The molecule has 1 aromatic heterocycles. The highest BCUT2D eigenvalue weighted by Gasteiger charge is 2.01. The minimum atomic E-state index is 0.933. The molecule has 0 N–H and O–H groups in total. The van der Waals surface area contributed by atoms with Crippen LogP contribution in [0.15, 0.2) is 12.4 Å². The van der Waals surface area contributed by atoms with Crippen molar-refractivity contribution < 1.29 is 0 Å². The minimum absolute atomic E-state index is 0.933. The van der Waals surface area contributed by atoms with Crippen LogP contribution in [0.5, 0.6) is 0 Å². The standard InChI is InChI=1S/C5H5N3/c1-2-5-7-6-4-8(5)3-1/h1-2,4H,3H2. The van der Waals surface area contributed by atoms with E-state index in [0.717, 1.165) is 12.4 Å². The summed E-state index contributed by atoms with van der Waals surface area (Å²) >= 11 is 0. The molecule has 0 saturated heterocycles. The summed E-state index contributed by atoms with van der Waals surface area (Å²) in [6.45, 7) is 0.933. The zero-order valence-corrected chi connectivity index (χ0v) is 4.28. The van der Waals surface area contributed by atoms with Crippen LogP contribution in [0.25, 0.3) is 6.08 Å². The van der Waals surface area contributed by atoms with Gasteiger partial charge >= 0.3 is 0 Å². The number of hydrogen-bond acceptors (Lipinski definition) is 2. The van der Waals surface area contributed by atoms with Crippen LogP contribution in [-0.2, 0) is 6.54 Å². The molecular weight excluding hydrogens is 102 g/mol. The Morgan fingerprint density at radius 3 is 3.50 bits per heavy atom. The number of aromatic nitrogens is 3. The van der Waals surface area contributed by atoms with Crippen molar-refractivity contribution >= 4 is 6.08 Å². The van der Waals surface area contributed by atoms with E-state index in [-0.39, 0.29) is 0 Å². The lowest BCUT2D eigenvalue weighted by molar-refractivity contribution is 0.834. The predicted octanol–water partition coefficient (Wildman–Crippen LogP) is 0.305. The van der Waals surface area contributed by atoms with E-state index < -0.39 is 0 Å². The summed E-state index contributed by atoms with van der Waals surface area (Å²) in [7, 11) is 0. The monoisotopic (exact) mass is 107 g/mol. The average molecular weight is 107 g/mol. The van der Waals surface area contributed by atoms with Gasteiger partial charge in [0.15, 0.2) is 5.82 Å². The molecule has 0 aliphatic carbocycles. The number of allylic oxidation sites excluding steroid dienone is 1. The molecule has 0 aromatic carbocycles. The smallest absolute Gasteiger partial charge is 0.156 e. The minimum Gasteiger partial charge on any atom is -0.310 e. The molecule has 0 atom stereocenters. The molecule has 1 aliphatic heterocycles. The molecule has 1 aromatic rings. The predicted molar refractivity (Wildman–Crippen MR) is 29.1 cm³/mol. The molecule has 2 rings (SSSR count). The first-order valence-electron chi connectivity index (χ1n) is 2.51. The second kappa shape index (κ2) is 1.18. The van der Waals surface area contributed by atoms with Crippen LogP contribution in [0, 0.1) is 0 Å². The normalized spacial score (nSPS) is 14.5. The van der Waals surface area contributed by atoms with E-state index in [1.165, 1.54) is 0 Å². The molecule has 0 spiro atoms. The zero-order chi connectivity index (χ0) is 5.40. The maximum absolute atomic E-state index is 3.82. The Morgan fingerprint density at radius 2 is 2.62 bits per heavy atom. The van der Waals surface area contributed by atoms with Crippen LogP contribution < -0.4 is 0 Å². The first-order chi connectivity index (χ1) is 3.97. The molecule has 40 valence electrons. The Bertz CT molecular complexity index is 223. The van der Waals surface area contributed by atoms with Crippen LogP contribution in [0.2, 0.25) is 0 Å². The molecule has 0 bridgehead atoms. The van der Waals surface area contributed by atoms with Gasteiger partial charge in [-0.25, -0.2) is 0 Å². The van der Waals surface area contributed by atoms with Crippen molar-refractivity contribution in [1.82, 2.24) is 14.8 Å². The quantitative estimate of drug-likeness (QED) is 0.477. The van der Waals surface area contributed by atoms with Crippen LogP contribution in [0.3, 0.4) is 0 Å². The van der Waals surface area contributed by atoms with E-state index >= 15 is 0 Å². The molecule has 3 heteroatoms.